The summed E-state index contributed by atoms with van der Waals surface area (Å²) in [6, 6.07) is 10.2. The molecule has 0 heterocycles. The fraction of sp³-hybridized carbons (Fsp3) is 0.680. The standard InChI is InChI=1S/C25H39O5P/c1-4-24(27)29-25(20(2)3)30-31(28,23(19-26)22-16-9-6-10-17-22)18-12-11-15-21-13-7-5-8-14-21/h5,7-8,13-14,19-20,22-23,25H,4,6,9-12,15-18H2,1-3H3/t23?,25-,31?/m0/s1. The van der Waals surface area contributed by atoms with E-state index >= 15 is 0 Å². The van der Waals surface area contributed by atoms with Crippen LogP contribution in [0, 0.1) is 11.8 Å². The Kier molecular flexibility index (Phi) is 11.0. The van der Waals surface area contributed by atoms with Crippen molar-refractivity contribution in [3.8, 4) is 0 Å². The third kappa shape index (κ3) is 8.20. The molecule has 1 aromatic carbocycles. The van der Waals surface area contributed by atoms with Gasteiger partial charge >= 0.3 is 5.97 Å². The van der Waals surface area contributed by atoms with E-state index in [2.05, 4.69) is 12.1 Å². The molecule has 3 atom stereocenters. The summed E-state index contributed by atoms with van der Waals surface area (Å²) in [5.41, 5.74) is 0.625. The fourth-order valence-electron chi connectivity index (χ4n) is 4.25. The van der Waals surface area contributed by atoms with Crippen LogP contribution >= 0.6 is 7.37 Å². The van der Waals surface area contributed by atoms with Gasteiger partial charge in [-0.25, -0.2) is 0 Å². The normalized spacial score (nSPS) is 18.8. The summed E-state index contributed by atoms with van der Waals surface area (Å²) in [5, 5.41) is 0. The second kappa shape index (κ2) is 13.2. The van der Waals surface area contributed by atoms with Gasteiger partial charge in [-0.15, -0.1) is 0 Å². The molecule has 0 aromatic heterocycles. The summed E-state index contributed by atoms with van der Waals surface area (Å²) >= 11 is 0. The number of unbranched alkanes of at least 4 members (excludes halogenated alkanes) is 1. The topological polar surface area (TPSA) is 69.7 Å². The number of aldehydes is 1. The summed E-state index contributed by atoms with van der Waals surface area (Å²) in [5.74, 6) is -0.442. The summed E-state index contributed by atoms with van der Waals surface area (Å²) in [4.78, 5) is 24.1. The first kappa shape index (κ1) is 25.8. The Morgan fingerprint density at radius 1 is 1.13 bits per heavy atom. The molecular formula is C25H39O5P. The number of hydrogen-bond acceptors (Lipinski definition) is 5. The van der Waals surface area contributed by atoms with Crippen LogP contribution < -0.4 is 0 Å². The van der Waals surface area contributed by atoms with Gasteiger partial charge in [0.25, 0.3) is 0 Å². The van der Waals surface area contributed by atoms with Crippen molar-refractivity contribution in [2.75, 3.05) is 6.16 Å². The van der Waals surface area contributed by atoms with Crippen LogP contribution in [0.15, 0.2) is 30.3 Å². The van der Waals surface area contributed by atoms with E-state index in [1.807, 2.05) is 32.0 Å². The highest BCUT2D eigenvalue weighted by Gasteiger charge is 2.42. The van der Waals surface area contributed by atoms with Crippen LogP contribution in [0.4, 0.5) is 0 Å². The molecule has 1 fully saturated rings. The third-order valence-electron chi connectivity index (χ3n) is 6.12. The van der Waals surface area contributed by atoms with Gasteiger partial charge in [0, 0.05) is 18.5 Å². The smallest absolute Gasteiger partial charge is 0.307 e. The van der Waals surface area contributed by atoms with E-state index in [0.717, 1.165) is 51.2 Å². The van der Waals surface area contributed by atoms with Gasteiger partial charge in [-0.1, -0.05) is 70.4 Å². The molecule has 0 aliphatic heterocycles. The molecule has 6 heteroatoms. The van der Waals surface area contributed by atoms with Crippen molar-refractivity contribution in [1.82, 2.24) is 0 Å². The summed E-state index contributed by atoms with van der Waals surface area (Å²) in [6.45, 7) is 5.48. The van der Waals surface area contributed by atoms with Gasteiger partial charge in [-0.3, -0.25) is 13.9 Å². The van der Waals surface area contributed by atoms with Gasteiger partial charge in [-0.2, -0.15) is 0 Å². The van der Waals surface area contributed by atoms with E-state index in [9.17, 15) is 14.2 Å². The van der Waals surface area contributed by atoms with Crippen molar-refractivity contribution in [2.24, 2.45) is 11.8 Å². The van der Waals surface area contributed by atoms with Crippen molar-refractivity contribution in [3.63, 3.8) is 0 Å². The molecule has 1 aliphatic rings. The third-order valence-corrected chi connectivity index (χ3v) is 9.07. The summed E-state index contributed by atoms with van der Waals surface area (Å²) in [6.07, 6.45) is 8.09. The molecule has 5 nitrogen and oxygen atoms in total. The van der Waals surface area contributed by atoms with Gasteiger partial charge < -0.3 is 9.53 Å². The van der Waals surface area contributed by atoms with Gasteiger partial charge in [0.15, 0.2) is 0 Å². The van der Waals surface area contributed by atoms with Crippen LogP contribution in [0.2, 0.25) is 0 Å². The quantitative estimate of drug-likeness (QED) is 0.115. The molecule has 0 bridgehead atoms. The number of rotatable bonds is 13. The minimum Gasteiger partial charge on any atom is -0.435 e. The van der Waals surface area contributed by atoms with Crippen molar-refractivity contribution >= 4 is 19.6 Å². The maximum absolute atomic E-state index is 14.2. The molecule has 0 N–H and O–H groups in total. The average molecular weight is 451 g/mol. The van der Waals surface area contributed by atoms with E-state index in [-0.39, 0.29) is 24.2 Å². The molecule has 1 aromatic rings. The fourth-order valence-corrected chi connectivity index (χ4v) is 7.22. The molecule has 2 rings (SSSR count). The zero-order valence-corrected chi connectivity index (χ0v) is 20.2. The maximum atomic E-state index is 14.2. The van der Waals surface area contributed by atoms with Crippen molar-refractivity contribution in [1.29, 1.82) is 0 Å². The first-order valence-corrected chi connectivity index (χ1v) is 13.7. The highest BCUT2D eigenvalue weighted by atomic mass is 31.2. The van der Waals surface area contributed by atoms with E-state index in [1.165, 1.54) is 5.56 Å². The zero-order chi connectivity index (χ0) is 22.7. The lowest BCUT2D eigenvalue weighted by Gasteiger charge is -2.35. The maximum Gasteiger partial charge on any atom is 0.307 e. The Morgan fingerprint density at radius 2 is 1.81 bits per heavy atom. The monoisotopic (exact) mass is 450 g/mol. The van der Waals surface area contributed by atoms with Gasteiger partial charge in [0.05, 0.1) is 5.66 Å². The Balaban J connectivity index is 2.14. The number of esters is 1. The molecule has 174 valence electrons. The molecule has 2 unspecified atom stereocenters. The summed E-state index contributed by atoms with van der Waals surface area (Å²) in [7, 11) is -3.34. The highest BCUT2D eigenvalue weighted by Crippen LogP contribution is 2.58. The largest absolute Gasteiger partial charge is 0.435 e. The first-order chi connectivity index (χ1) is 14.9. The number of hydrogen-bond donors (Lipinski definition) is 0. The minimum atomic E-state index is -3.34. The molecular weight excluding hydrogens is 411 g/mol. The minimum absolute atomic E-state index is 0.0842. The van der Waals surface area contributed by atoms with Crippen molar-refractivity contribution in [3.05, 3.63) is 35.9 Å². The molecule has 0 spiro atoms. The predicted octanol–water partition coefficient (Wildman–Crippen LogP) is 6.39. The number of ether oxygens (including phenoxy) is 1. The lowest BCUT2D eigenvalue weighted by molar-refractivity contribution is -0.169. The van der Waals surface area contributed by atoms with Crippen molar-refractivity contribution in [2.45, 2.75) is 90.5 Å². The van der Waals surface area contributed by atoms with Gasteiger partial charge in [0.2, 0.25) is 13.7 Å². The van der Waals surface area contributed by atoms with Crippen LogP contribution in [-0.4, -0.2) is 30.4 Å². The van der Waals surface area contributed by atoms with E-state index in [0.29, 0.717) is 12.6 Å². The molecule has 0 radical (unpaired) electrons. The Labute approximate surface area is 187 Å². The lowest BCUT2D eigenvalue weighted by atomic mass is 9.87. The van der Waals surface area contributed by atoms with Crippen LogP contribution in [0.1, 0.15) is 77.7 Å². The first-order valence-electron chi connectivity index (χ1n) is 11.9. The molecule has 31 heavy (non-hydrogen) atoms. The van der Waals surface area contributed by atoms with Gasteiger partial charge in [-0.05, 0) is 43.6 Å². The molecule has 1 saturated carbocycles. The van der Waals surface area contributed by atoms with Crippen LogP contribution in [0.3, 0.4) is 0 Å². The van der Waals surface area contributed by atoms with Crippen LogP contribution in [-0.2, 0) is 29.8 Å². The average Bonchev–Trinajstić information content (AvgIpc) is 2.78. The van der Waals surface area contributed by atoms with Crippen LogP contribution in [0.25, 0.3) is 0 Å². The van der Waals surface area contributed by atoms with E-state index in [4.69, 9.17) is 9.26 Å². The number of benzene rings is 1. The highest BCUT2D eigenvalue weighted by molar-refractivity contribution is 7.60. The Hall–Kier alpha value is -1.45. The molecule has 0 saturated heterocycles. The zero-order valence-electron chi connectivity index (χ0n) is 19.3. The predicted molar refractivity (Wildman–Crippen MR) is 124 cm³/mol. The number of carbonyl (C=O) groups excluding carboxylic acids is 2. The number of carbonyl (C=O) groups is 2. The second-order valence-corrected chi connectivity index (χ2v) is 11.7. The summed E-state index contributed by atoms with van der Waals surface area (Å²) < 4.78 is 25.8. The molecule has 1 aliphatic carbocycles. The SMILES string of the molecule is CCC(=O)O[C@@H](OP(=O)(CCCCc1ccccc1)C(C=O)C1CCCCC1)C(C)C. The number of aryl methyl sites for hydroxylation is 1. The van der Waals surface area contributed by atoms with E-state index in [1.54, 1.807) is 6.92 Å². The lowest BCUT2D eigenvalue weighted by Crippen LogP contribution is -2.32. The second-order valence-electron chi connectivity index (χ2n) is 8.98. The molecule has 0 amide bonds. The Morgan fingerprint density at radius 3 is 2.39 bits per heavy atom. The van der Waals surface area contributed by atoms with Crippen molar-refractivity contribution < 1.29 is 23.4 Å². The van der Waals surface area contributed by atoms with Crippen LogP contribution in [0.5, 0.6) is 0 Å². The van der Waals surface area contributed by atoms with Gasteiger partial charge in [0.1, 0.15) is 6.29 Å². The van der Waals surface area contributed by atoms with E-state index < -0.39 is 19.3 Å². The Bertz CT molecular complexity index is 712.